The first kappa shape index (κ1) is 21.4. The lowest BCUT2D eigenvalue weighted by molar-refractivity contribution is 0.372. The highest BCUT2D eigenvalue weighted by Crippen LogP contribution is 2.14. The number of methoxy groups -OCH3 is 1. The molecule has 0 aliphatic heterocycles. The second-order valence-electron chi connectivity index (χ2n) is 7.32. The summed E-state index contributed by atoms with van der Waals surface area (Å²) >= 11 is 0. The van der Waals surface area contributed by atoms with Gasteiger partial charge in [-0.05, 0) is 30.5 Å². The zero-order valence-corrected chi connectivity index (χ0v) is 18.1. The molecule has 9 heteroatoms. The van der Waals surface area contributed by atoms with Crippen molar-refractivity contribution in [3.8, 4) is 5.75 Å². The Hall–Kier alpha value is -3.36. The number of hydrogen-bond acceptors (Lipinski definition) is 6. The summed E-state index contributed by atoms with van der Waals surface area (Å²) in [5.74, 6) is 4.24. The van der Waals surface area contributed by atoms with E-state index < -0.39 is 0 Å². The molecule has 0 unspecified atom stereocenters. The highest BCUT2D eigenvalue weighted by molar-refractivity contribution is 5.79. The Morgan fingerprint density at radius 2 is 1.90 bits per heavy atom. The van der Waals surface area contributed by atoms with Gasteiger partial charge in [0.2, 0.25) is 0 Å². The maximum Gasteiger partial charge on any atom is 0.192 e. The highest BCUT2D eigenvalue weighted by atomic mass is 16.5. The summed E-state index contributed by atoms with van der Waals surface area (Å²) in [5.41, 5.74) is 2.01. The summed E-state index contributed by atoms with van der Waals surface area (Å²) in [4.78, 5) is 4.69. The largest absolute Gasteiger partial charge is 0.497 e. The van der Waals surface area contributed by atoms with Gasteiger partial charge in [-0.2, -0.15) is 0 Å². The van der Waals surface area contributed by atoms with Crippen molar-refractivity contribution in [1.82, 2.24) is 30.6 Å². The van der Waals surface area contributed by atoms with E-state index in [9.17, 15) is 0 Å². The fourth-order valence-corrected chi connectivity index (χ4v) is 2.70. The van der Waals surface area contributed by atoms with Crippen LogP contribution in [0.25, 0.3) is 0 Å². The lowest BCUT2D eigenvalue weighted by atomic mass is 10.1. The predicted molar refractivity (Wildman–Crippen MR) is 114 cm³/mol. The zero-order valence-electron chi connectivity index (χ0n) is 18.1. The number of guanidine groups is 1. The number of ether oxygens (including phenoxy) is 1. The number of aromatic nitrogens is 4. The molecule has 2 heterocycles. The maximum absolute atomic E-state index is 5.41. The molecule has 0 aliphatic rings. The topological polar surface area (TPSA) is 102 Å². The fourth-order valence-electron chi connectivity index (χ4n) is 2.70. The molecule has 9 nitrogen and oxygen atoms in total. The molecule has 0 saturated heterocycles. The molecule has 0 bridgehead atoms. The molecule has 0 spiro atoms. The van der Waals surface area contributed by atoms with Gasteiger partial charge in [-0.25, -0.2) is 4.99 Å². The molecule has 160 valence electrons. The van der Waals surface area contributed by atoms with Crippen LogP contribution in [-0.2, 0) is 26.7 Å². The van der Waals surface area contributed by atoms with Gasteiger partial charge in [0.1, 0.15) is 11.6 Å². The average molecular weight is 412 g/mol. The molecule has 0 amide bonds. The Morgan fingerprint density at radius 3 is 2.50 bits per heavy atom. The van der Waals surface area contributed by atoms with Crippen molar-refractivity contribution in [3.05, 3.63) is 59.0 Å². The third-order valence-corrected chi connectivity index (χ3v) is 4.77. The molecule has 0 radical (unpaired) electrons. The van der Waals surface area contributed by atoms with Crippen molar-refractivity contribution in [2.45, 2.75) is 46.3 Å². The quantitative estimate of drug-likeness (QED) is 0.434. The van der Waals surface area contributed by atoms with E-state index in [4.69, 9.17) is 14.3 Å². The number of aryl methyl sites for hydroxylation is 1. The van der Waals surface area contributed by atoms with Crippen LogP contribution in [-0.4, -0.2) is 33.0 Å². The Kier molecular flexibility index (Phi) is 7.05. The summed E-state index contributed by atoms with van der Waals surface area (Å²) in [6.45, 7) is 7.59. The van der Waals surface area contributed by atoms with E-state index in [1.54, 1.807) is 7.11 Å². The highest BCUT2D eigenvalue weighted by Gasteiger charge is 2.10. The third kappa shape index (κ3) is 5.59. The minimum atomic E-state index is 0.322. The van der Waals surface area contributed by atoms with Gasteiger partial charge >= 0.3 is 0 Å². The van der Waals surface area contributed by atoms with Crippen LogP contribution in [0.15, 0.2) is 39.8 Å². The smallest absolute Gasteiger partial charge is 0.192 e. The van der Waals surface area contributed by atoms with Crippen molar-refractivity contribution in [1.29, 1.82) is 0 Å². The van der Waals surface area contributed by atoms with Gasteiger partial charge in [-0.15, -0.1) is 10.2 Å². The molecule has 3 rings (SSSR count). The molecule has 0 saturated carbocycles. The zero-order chi connectivity index (χ0) is 21.5. The fraction of sp³-hybridized carbons (Fsp3) is 0.429. The van der Waals surface area contributed by atoms with E-state index in [1.165, 1.54) is 0 Å². The Morgan fingerprint density at radius 1 is 1.17 bits per heavy atom. The number of nitrogens with zero attached hydrogens (tertiary/aromatic N) is 5. The van der Waals surface area contributed by atoms with E-state index in [2.05, 4.69) is 39.8 Å². The van der Waals surface area contributed by atoms with Gasteiger partial charge in [0.05, 0.1) is 32.4 Å². The first-order chi connectivity index (χ1) is 14.5. The predicted octanol–water partition coefficient (Wildman–Crippen LogP) is 2.68. The lowest BCUT2D eigenvalue weighted by Gasteiger charge is -2.12. The summed E-state index contributed by atoms with van der Waals surface area (Å²) in [5, 5.41) is 19.0. The summed E-state index contributed by atoms with van der Waals surface area (Å²) in [6, 6.07) is 9.81. The number of nitrogens with one attached hydrogen (secondary N) is 2. The maximum atomic E-state index is 5.41. The Balaban J connectivity index is 1.68. The van der Waals surface area contributed by atoms with Crippen molar-refractivity contribution < 1.29 is 9.26 Å². The normalized spacial score (nSPS) is 11.7. The van der Waals surface area contributed by atoms with E-state index in [1.807, 2.05) is 48.9 Å². The number of rotatable bonds is 8. The number of aliphatic imine (C=N–C) groups is 1. The van der Waals surface area contributed by atoms with Crippen molar-refractivity contribution in [3.63, 3.8) is 0 Å². The van der Waals surface area contributed by atoms with Crippen LogP contribution in [0, 0.1) is 6.92 Å². The first-order valence-electron chi connectivity index (χ1n) is 9.91. The number of benzene rings is 1. The third-order valence-electron chi connectivity index (χ3n) is 4.77. The minimum Gasteiger partial charge on any atom is -0.497 e. The summed E-state index contributed by atoms with van der Waals surface area (Å²) in [7, 11) is 3.59. The van der Waals surface area contributed by atoms with Crippen molar-refractivity contribution in [2.75, 3.05) is 7.11 Å². The van der Waals surface area contributed by atoms with E-state index >= 15 is 0 Å². The molecule has 3 aromatic rings. The van der Waals surface area contributed by atoms with Crippen LogP contribution >= 0.6 is 0 Å². The van der Waals surface area contributed by atoms with Crippen LogP contribution in [0.2, 0.25) is 0 Å². The molecule has 0 fully saturated rings. The molecule has 2 N–H and O–H groups in total. The second kappa shape index (κ2) is 9.91. The summed E-state index contributed by atoms with van der Waals surface area (Å²) < 4.78 is 12.6. The summed E-state index contributed by atoms with van der Waals surface area (Å²) in [6.07, 6.45) is 0. The standard InChI is InChI=1S/C21H29N7O2/c1-14(2)19-10-18(30-27-19)12-23-21(24-13-20-26-25-15(3)28(20)4)22-11-16-6-8-17(29-5)9-7-16/h6-10,14H,11-13H2,1-5H3,(H2,22,23,24). The van der Waals surface area contributed by atoms with Gasteiger partial charge < -0.3 is 24.5 Å². The molecule has 30 heavy (non-hydrogen) atoms. The monoisotopic (exact) mass is 411 g/mol. The first-order valence-corrected chi connectivity index (χ1v) is 9.91. The number of hydrogen-bond donors (Lipinski definition) is 2. The van der Waals surface area contributed by atoms with E-state index in [0.29, 0.717) is 31.5 Å². The molecular formula is C21H29N7O2. The second-order valence-corrected chi connectivity index (χ2v) is 7.32. The van der Waals surface area contributed by atoms with Gasteiger partial charge in [-0.3, -0.25) is 0 Å². The van der Waals surface area contributed by atoms with Gasteiger partial charge in [0, 0.05) is 13.1 Å². The van der Waals surface area contributed by atoms with Crippen LogP contribution < -0.4 is 15.4 Å². The van der Waals surface area contributed by atoms with Crippen LogP contribution in [0.5, 0.6) is 5.75 Å². The van der Waals surface area contributed by atoms with Crippen molar-refractivity contribution >= 4 is 5.96 Å². The molecule has 0 atom stereocenters. The lowest BCUT2D eigenvalue weighted by Crippen LogP contribution is -2.37. The van der Waals surface area contributed by atoms with Gasteiger partial charge in [-0.1, -0.05) is 31.1 Å². The molecule has 0 aliphatic carbocycles. The Labute approximate surface area is 176 Å². The Bertz CT molecular complexity index is 974. The van der Waals surface area contributed by atoms with Crippen molar-refractivity contribution in [2.24, 2.45) is 12.0 Å². The van der Waals surface area contributed by atoms with E-state index in [0.717, 1.165) is 34.4 Å². The van der Waals surface area contributed by atoms with Crippen LogP contribution in [0.1, 0.15) is 48.4 Å². The van der Waals surface area contributed by atoms with Crippen LogP contribution in [0.4, 0.5) is 0 Å². The average Bonchev–Trinajstić information content (AvgIpc) is 3.35. The van der Waals surface area contributed by atoms with Crippen LogP contribution in [0.3, 0.4) is 0 Å². The minimum absolute atomic E-state index is 0.322. The van der Waals surface area contributed by atoms with Gasteiger partial charge in [0.15, 0.2) is 17.5 Å². The molecular weight excluding hydrogens is 382 g/mol. The molecule has 1 aromatic carbocycles. The SMILES string of the molecule is COc1ccc(CN=C(NCc2cc(C(C)C)no2)NCc2nnc(C)n2C)cc1. The van der Waals surface area contributed by atoms with E-state index in [-0.39, 0.29) is 0 Å². The van der Waals surface area contributed by atoms with Gasteiger partial charge in [0.25, 0.3) is 0 Å². The molecule has 2 aromatic heterocycles.